The molecule has 3 aromatic rings. The van der Waals surface area contributed by atoms with Gasteiger partial charge in [-0.1, -0.05) is 12.1 Å². The second-order valence-corrected chi connectivity index (χ2v) is 7.06. The van der Waals surface area contributed by atoms with Crippen molar-refractivity contribution in [2.24, 2.45) is 0 Å². The largest absolute Gasteiger partial charge is 0.497 e. The minimum atomic E-state index is -0.970. The van der Waals surface area contributed by atoms with Crippen molar-refractivity contribution in [3.63, 3.8) is 0 Å². The van der Waals surface area contributed by atoms with Crippen LogP contribution in [0.15, 0.2) is 36.7 Å². The predicted molar refractivity (Wildman–Crippen MR) is 103 cm³/mol. The fourth-order valence-corrected chi connectivity index (χ4v) is 3.86. The molecule has 3 N–H and O–H groups in total. The van der Waals surface area contributed by atoms with E-state index in [4.69, 9.17) is 4.74 Å². The number of carboxylic acids is 1. The van der Waals surface area contributed by atoms with E-state index in [1.54, 1.807) is 13.3 Å². The number of hydrogen-bond donors (Lipinski definition) is 3. The van der Waals surface area contributed by atoms with Crippen LogP contribution in [0, 0.1) is 0 Å². The van der Waals surface area contributed by atoms with Gasteiger partial charge in [-0.15, -0.1) is 0 Å². The van der Waals surface area contributed by atoms with Crippen LogP contribution in [0.25, 0.3) is 11.1 Å². The van der Waals surface area contributed by atoms with E-state index in [0.717, 1.165) is 54.1 Å². The van der Waals surface area contributed by atoms with Gasteiger partial charge in [0.25, 0.3) is 0 Å². The summed E-state index contributed by atoms with van der Waals surface area (Å²) in [6.07, 6.45) is 5.45. The van der Waals surface area contributed by atoms with Crippen molar-refractivity contribution in [2.45, 2.75) is 25.3 Å². The molecular formula is C20H23N5O3. The van der Waals surface area contributed by atoms with Crippen LogP contribution < -0.4 is 4.74 Å². The van der Waals surface area contributed by atoms with Gasteiger partial charge in [0, 0.05) is 29.3 Å². The van der Waals surface area contributed by atoms with Gasteiger partial charge in [0.05, 0.1) is 19.5 Å². The van der Waals surface area contributed by atoms with Gasteiger partial charge >= 0.3 is 5.97 Å². The van der Waals surface area contributed by atoms with E-state index in [-0.39, 0.29) is 5.69 Å². The molecule has 1 aliphatic rings. The number of likely N-dealkylation sites (tertiary alicyclic amines) is 1. The van der Waals surface area contributed by atoms with Crippen LogP contribution in [-0.4, -0.2) is 56.6 Å². The Labute approximate surface area is 162 Å². The van der Waals surface area contributed by atoms with Gasteiger partial charge in [0.1, 0.15) is 11.4 Å². The molecule has 0 saturated carbocycles. The second-order valence-electron chi connectivity index (χ2n) is 7.06. The zero-order valence-electron chi connectivity index (χ0n) is 15.7. The number of ether oxygens (including phenoxy) is 1. The summed E-state index contributed by atoms with van der Waals surface area (Å²) < 4.78 is 5.34. The maximum absolute atomic E-state index is 11.2. The number of hydrogen-bond acceptors (Lipinski definition) is 5. The molecule has 28 heavy (non-hydrogen) atoms. The zero-order chi connectivity index (χ0) is 19.5. The van der Waals surface area contributed by atoms with Crippen LogP contribution in [0.3, 0.4) is 0 Å². The molecule has 8 nitrogen and oxygen atoms in total. The fourth-order valence-electron chi connectivity index (χ4n) is 3.86. The monoisotopic (exact) mass is 381 g/mol. The van der Waals surface area contributed by atoms with Crippen molar-refractivity contribution in [2.75, 3.05) is 20.2 Å². The minimum absolute atomic E-state index is 0.177. The van der Waals surface area contributed by atoms with Crippen molar-refractivity contribution >= 4 is 5.97 Å². The summed E-state index contributed by atoms with van der Waals surface area (Å²) in [5.74, 6) is 0.250. The molecule has 0 amide bonds. The smallest absolute Gasteiger partial charge is 0.354 e. The van der Waals surface area contributed by atoms with Gasteiger partial charge < -0.3 is 9.84 Å². The van der Waals surface area contributed by atoms with Crippen molar-refractivity contribution in [1.29, 1.82) is 0 Å². The SMILES string of the molecule is COc1cccc(-c2cn[nH]c2C2CCN(Cc3cn[nH]c3C(=O)O)CC2)c1. The minimum Gasteiger partial charge on any atom is -0.497 e. The maximum atomic E-state index is 11.2. The Morgan fingerprint density at radius 3 is 2.79 bits per heavy atom. The third-order valence-corrected chi connectivity index (χ3v) is 5.37. The standard InChI is InChI=1S/C20H23N5O3/c1-28-16-4-2-3-14(9-16)17-11-22-23-18(17)13-5-7-25(8-6-13)12-15-10-21-24-19(15)20(26)27/h2-4,9-11,13H,5-8,12H2,1H3,(H,21,24)(H,22,23)(H,26,27). The second kappa shape index (κ2) is 7.85. The van der Waals surface area contributed by atoms with Gasteiger partial charge in [-0.3, -0.25) is 15.1 Å². The molecule has 0 atom stereocenters. The first-order chi connectivity index (χ1) is 13.7. The first-order valence-corrected chi connectivity index (χ1v) is 9.31. The molecule has 1 saturated heterocycles. The Morgan fingerprint density at radius 1 is 1.25 bits per heavy atom. The summed E-state index contributed by atoms with van der Waals surface area (Å²) in [6, 6.07) is 8.01. The van der Waals surface area contributed by atoms with Crippen LogP contribution in [0.1, 0.15) is 40.5 Å². The fraction of sp³-hybridized carbons (Fsp3) is 0.350. The molecule has 0 bridgehead atoms. The van der Waals surface area contributed by atoms with E-state index in [1.165, 1.54) is 0 Å². The van der Waals surface area contributed by atoms with E-state index < -0.39 is 5.97 Å². The predicted octanol–water partition coefficient (Wildman–Crippen LogP) is 2.89. The third kappa shape index (κ3) is 3.63. The molecule has 2 aromatic heterocycles. The number of H-pyrrole nitrogens is 2. The van der Waals surface area contributed by atoms with Crippen molar-refractivity contribution in [1.82, 2.24) is 25.3 Å². The van der Waals surface area contributed by atoms with Gasteiger partial charge in [0.15, 0.2) is 0 Å². The molecule has 0 aliphatic carbocycles. The number of carbonyl (C=O) groups is 1. The number of nitrogens with zero attached hydrogens (tertiary/aromatic N) is 3. The topological polar surface area (TPSA) is 107 Å². The lowest BCUT2D eigenvalue weighted by atomic mass is 9.89. The van der Waals surface area contributed by atoms with Crippen LogP contribution in [-0.2, 0) is 6.54 Å². The molecule has 0 radical (unpaired) electrons. The normalized spacial score (nSPS) is 15.6. The maximum Gasteiger partial charge on any atom is 0.354 e. The molecule has 3 heterocycles. The first-order valence-electron chi connectivity index (χ1n) is 9.31. The van der Waals surface area contributed by atoms with E-state index in [0.29, 0.717) is 12.5 Å². The van der Waals surface area contributed by atoms with Gasteiger partial charge in [-0.2, -0.15) is 10.2 Å². The highest BCUT2D eigenvalue weighted by atomic mass is 16.5. The summed E-state index contributed by atoms with van der Waals surface area (Å²) in [5.41, 5.74) is 4.26. The number of aromatic amines is 2. The Morgan fingerprint density at radius 2 is 2.04 bits per heavy atom. The molecule has 0 spiro atoms. The molecule has 8 heteroatoms. The quantitative estimate of drug-likeness (QED) is 0.606. The van der Waals surface area contributed by atoms with E-state index in [2.05, 4.69) is 31.4 Å². The van der Waals surface area contributed by atoms with E-state index in [1.807, 2.05) is 24.4 Å². The molecular weight excluding hydrogens is 358 g/mol. The lowest BCUT2D eigenvalue weighted by molar-refractivity contribution is 0.0687. The Kier molecular flexibility index (Phi) is 5.12. The Bertz CT molecular complexity index is 956. The number of rotatable bonds is 6. The van der Waals surface area contributed by atoms with Gasteiger partial charge in [-0.25, -0.2) is 4.79 Å². The molecule has 1 aromatic carbocycles. The summed E-state index contributed by atoms with van der Waals surface area (Å²) >= 11 is 0. The average Bonchev–Trinajstić information content (AvgIpc) is 3.38. The van der Waals surface area contributed by atoms with E-state index >= 15 is 0 Å². The van der Waals surface area contributed by atoms with E-state index in [9.17, 15) is 9.90 Å². The lowest BCUT2D eigenvalue weighted by Gasteiger charge is -2.31. The summed E-state index contributed by atoms with van der Waals surface area (Å²) in [6.45, 7) is 2.38. The summed E-state index contributed by atoms with van der Waals surface area (Å²) in [7, 11) is 1.67. The molecule has 1 fully saturated rings. The van der Waals surface area contributed by atoms with Crippen LogP contribution in [0.5, 0.6) is 5.75 Å². The summed E-state index contributed by atoms with van der Waals surface area (Å²) in [4.78, 5) is 13.5. The highest BCUT2D eigenvalue weighted by Crippen LogP contribution is 2.35. The van der Waals surface area contributed by atoms with Gasteiger partial charge in [0.2, 0.25) is 0 Å². The highest BCUT2D eigenvalue weighted by Gasteiger charge is 2.25. The lowest BCUT2D eigenvalue weighted by Crippen LogP contribution is -2.33. The molecule has 146 valence electrons. The van der Waals surface area contributed by atoms with Crippen LogP contribution in [0.4, 0.5) is 0 Å². The Balaban J connectivity index is 1.44. The highest BCUT2D eigenvalue weighted by molar-refractivity contribution is 5.86. The zero-order valence-corrected chi connectivity index (χ0v) is 15.7. The summed E-state index contributed by atoms with van der Waals surface area (Å²) in [5, 5.41) is 23.1. The first kappa shape index (κ1) is 18.2. The van der Waals surface area contributed by atoms with Gasteiger partial charge in [-0.05, 0) is 43.6 Å². The van der Waals surface area contributed by atoms with Crippen LogP contribution >= 0.6 is 0 Å². The molecule has 1 aliphatic heterocycles. The number of aromatic nitrogens is 4. The molecule has 4 rings (SSSR count). The van der Waals surface area contributed by atoms with Crippen molar-refractivity contribution in [3.05, 3.63) is 53.6 Å². The Hall–Kier alpha value is -3.13. The number of aromatic carboxylic acids is 1. The average molecular weight is 381 g/mol. The number of nitrogens with one attached hydrogen (secondary N) is 2. The third-order valence-electron chi connectivity index (χ3n) is 5.37. The van der Waals surface area contributed by atoms with Crippen LogP contribution in [0.2, 0.25) is 0 Å². The number of piperidine rings is 1. The number of methoxy groups -OCH3 is 1. The number of benzene rings is 1. The molecule has 0 unspecified atom stereocenters. The number of carboxylic acid groups (broad SMARTS) is 1. The van der Waals surface area contributed by atoms with Crippen molar-refractivity contribution in [3.8, 4) is 16.9 Å². The van der Waals surface area contributed by atoms with Crippen molar-refractivity contribution < 1.29 is 14.6 Å².